The van der Waals surface area contributed by atoms with Crippen molar-refractivity contribution in [3.63, 3.8) is 0 Å². The predicted molar refractivity (Wildman–Crippen MR) is 126 cm³/mol. The molecule has 0 saturated carbocycles. The summed E-state index contributed by atoms with van der Waals surface area (Å²) in [5.41, 5.74) is 0.592. The van der Waals surface area contributed by atoms with Crippen LogP contribution in [0.1, 0.15) is 10.4 Å². The standard InChI is InChI=1S/C22H23N3O6S2/c1-25(2)33(29,30)17-14-12-16(13-15-17)32(27,28)24-19-9-5-4-8-18(19)22(26)23-20-10-6-7-11-21(20)31-3/h4-15,24H,1-3H3,(H,23,26). The Balaban J connectivity index is 1.87. The predicted octanol–water partition coefficient (Wildman–Crippen LogP) is 3.00. The van der Waals surface area contributed by atoms with Crippen LogP contribution in [0.4, 0.5) is 11.4 Å². The lowest BCUT2D eigenvalue weighted by Gasteiger charge is -2.15. The van der Waals surface area contributed by atoms with Crippen LogP contribution >= 0.6 is 0 Å². The fourth-order valence-corrected chi connectivity index (χ4v) is 4.89. The van der Waals surface area contributed by atoms with Gasteiger partial charge in [0.05, 0.1) is 33.8 Å². The van der Waals surface area contributed by atoms with E-state index in [4.69, 9.17) is 4.74 Å². The Morgan fingerprint density at radius 2 is 1.33 bits per heavy atom. The van der Waals surface area contributed by atoms with Gasteiger partial charge in [-0.15, -0.1) is 0 Å². The lowest BCUT2D eigenvalue weighted by atomic mass is 10.1. The Bertz CT molecular complexity index is 1370. The second kappa shape index (κ2) is 9.61. The number of sulfonamides is 2. The van der Waals surface area contributed by atoms with Crippen LogP contribution in [0.2, 0.25) is 0 Å². The fraction of sp³-hybridized carbons (Fsp3) is 0.136. The van der Waals surface area contributed by atoms with Gasteiger partial charge in [-0.25, -0.2) is 21.1 Å². The first-order valence-corrected chi connectivity index (χ1v) is 12.6. The van der Waals surface area contributed by atoms with Gasteiger partial charge in [0.2, 0.25) is 10.0 Å². The number of nitrogens with zero attached hydrogens (tertiary/aromatic N) is 1. The van der Waals surface area contributed by atoms with Crippen molar-refractivity contribution >= 4 is 37.3 Å². The maximum Gasteiger partial charge on any atom is 0.261 e. The van der Waals surface area contributed by atoms with Crippen LogP contribution in [0, 0.1) is 0 Å². The summed E-state index contributed by atoms with van der Waals surface area (Å²) < 4.78 is 58.9. The molecule has 0 saturated heterocycles. The summed E-state index contributed by atoms with van der Waals surface area (Å²) in [7, 11) is -3.56. The number of carbonyl (C=O) groups excluding carboxylic acids is 1. The van der Waals surface area contributed by atoms with E-state index in [1.165, 1.54) is 57.6 Å². The third-order valence-corrected chi connectivity index (χ3v) is 7.89. The largest absolute Gasteiger partial charge is 0.495 e. The molecule has 3 rings (SSSR count). The van der Waals surface area contributed by atoms with E-state index in [2.05, 4.69) is 10.0 Å². The summed E-state index contributed by atoms with van der Waals surface area (Å²) >= 11 is 0. The van der Waals surface area contributed by atoms with Gasteiger partial charge in [-0.05, 0) is 48.5 Å². The molecule has 0 unspecified atom stereocenters. The van der Waals surface area contributed by atoms with Gasteiger partial charge in [0.25, 0.3) is 15.9 Å². The van der Waals surface area contributed by atoms with Gasteiger partial charge in [0, 0.05) is 14.1 Å². The van der Waals surface area contributed by atoms with Crippen molar-refractivity contribution in [2.24, 2.45) is 0 Å². The molecule has 33 heavy (non-hydrogen) atoms. The number of hydrogen-bond acceptors (Lipinski definition) is 6. The number of nitrogens with one attached hydrogen (secondary N) is 2. The number of benzene rings is 3. The van der Waals surface area contributed by atoms with E-state index < -0.39 is 26.0 Å². The molecule has 0 aliphatic rings. The van der Waals surface area contributed by atoms with Gasteiger partial charge in [0.15, 0.2) is 0 Å². The van der Waals surface area contributed by atoms with Crippen molar-refractivity contribution < 1.29 is 26.4 Å². The molecule has 11 heteroatoms. The molecule has 3 aromatic rings. The van der Waals surface area contributed by atoms with Gasteiger partial charge >= 0.3 is 0 Å². The van der Waals surface area contributed by atoms with E-state index in [-0.39, 0.29) is 21.0 Å². The first kappa shape index (κ1) is 24.2. The van der Waals surface area contributed by atoms with Crippen molar-refractivity contribution in [2.45, 2.75) is 9.79 Å². The average molecular weight is 490 g/mol. The number of amides is 1. The molecule has 174 valence electrons. The molecule has 0 radical (unpaired) electrons. The van der Waals surface area contributed by atoms with Gasteiger partial charge in [-0.2, -0.15) is 0 Å². The highest BCUT2D eigenvalue weighted by Crippen LogP contribution is 2.26. The van der Waals surface area contributed by atoms with Crippen molar-refractivity contribution in [1.29, 1.82) is 0 Å². The van der Waals surface area contributed by atoms with Gasteiger partial charge in [-0.1, -0.05) is 24.3 Å². The number of methoxy groups -OCH3 is 1. The summed E-state index contributed by atoms with van der Waals surface area (Å²) in [5.74, 6) is -0.0816. The van der Waals surface area contributed by atoms with E-state index in [9.17, 15) is 21.6 Å². The van der Waals surface area contributed by atoms with Crippen molar-refractivity contribution in [2.75, 3.05) is 31.2 Å². The first-order valence-electron chi connectivity index (χ1n) is 9.65. The monoisotopic (exact) mass is 489 g/mol. The van der Waals surface area contributed by atoms with E-state index in [0.717, 1.165) is 4.31 Å². The minimum absolute atomic E-state index is 0.0389. The summed E-state index contributed by atoms with van der Waals surface area (Å²) in [4.78, 5) is 12.7. The highest BCUT2D eigenvalue weighted by Gasteiger charge is 2.22. The number of rotatable bonds is 8. The van der Waals surface area contributed by atoms with Gasteiger partial charge in [-0.3, -0.25) is 9.52 Å². The molecule has 0 heterocycles. The maximum absolute atomic E-state index is 12.9. The van der Waals surface area contributed by atoms with Crippen LogP contribution in [-0.4, -0.2) is 48.3 Å². The second-order valence-electron chi connectivity index (χ2n) is 7.06. The summed E-state index contributed by atoms with van der Waals surface area (Å²) in [6, 6.07) is 17.8. The van der Waals surface area contributed by atoms with Crippen LogP contribution in [0.5, 0.6) is 5.75 Å². The van der Waals surface area contributed by atoms with Gasteiger partial charge < -0.3 is 10.1 Å². The normalized spacial score (nSPS) is 11.8. The molecule has 1 amide bonds. The molecular weight excluding hydrogens is 466 g/mol. The summed E-state index contributed by atoms with van der Waals surface area (Å²) in [6.07, 6.45) is 0. The Kier molecular flexibility index (Phi) is 7.06. The number of para-hydroxylation sites is 3. The quantitative estimate of drug-likeness (QED) is 0.502. The molecule has 0 bridgehead atoms. The second-order valence-corrected chi connectivity index (χ2v) is 10.9. The summed E-state index contributed by atoms with van der Waals surface area (Å²) in [5, 5.41) is 2.71. The van der Waals surface area contributed by atoms with Crippen LogP contribution in [0.25, 0.3) is 0 Å². The zero-order chi connectivity index (χ0) is 24.2. The minimum Gasteiger partial charge on any atom is -0.495 e. The average Bonchev–Trinajstić information content (AvgIpc) is 2.79. The van der Waals surface area contributed by atoms with Crippen LogP contribution in [0.3, 0.4) is 0 Å². The topological polar surface area (TPSA) is 122 Å². The van der Waals surface area contributed by atoms with Gasteiger partial charge in [0.1, 0.15) is 5.75 Å². The van der Waals surface area contributed by atoms with Crippen molar-refractivity contribution in [1.82, 2.24) is 4.31 Å². The Labute approximate surface area is 193 Å². The highest BCUT2D eigenvalue weighted by molar-refractivity contribution is 7.92. The van der Waals surface area contributed by atoms with Crippen LogP contribution in [0.15, 0.2) is 82.6 Å². The lowest BCUT2D eigenvalue weighted by molar-refractivity contribution is 0.102. The fourth-order valence-electron chi connectivity index (χ4n) is 2.91. The zero-order valence-corrected chi connectivity index (χ0v) is 19.8. The summed E-state index contributed by atoms with van der Waals surface area (Å²) in [6.45, 7) is 0. The van der Waals surface area contributed by atoms with E-state index >= 15 is 0 Å². The number of hydrogen-bond donors (Lipinski definition) is 2. The molecule has 0 fully saturated rings. The van der Waals surface area contributed by atoms with Crippen LogP contribution < -0.4 is 14.8 Å². The highest BCUT2D eigenvalue weighted by atomic mass is 32.2. The van der Waals surface area contributed by atoms with Crippen LogP contribution in [-0.2, 0) is 20.0 Å². The van der Waals surface area contributed by atoms with E-state index in [0.29, 0.717) is 11.4 Å². The van der Waals surface area contributed by atoms with Crippen molar-refractivity contribution in [3.05, 3.63) is 78.4 Å². The molecule has 0 aliphatic heterocycles. The molecule has 3 aromatic carbocycles. The molecule has 2 N–H and O–H groups in total. The molecule has 0 aromatic heterocycles. The molecular formula is C22H23N3O6S2. The Hall–Kier alpha value is -3.41. The first-order chi connectivity index (χ1) is 15.6. The third-order valence-electron chi connectivity index (χ3n) is 4.68. The lowest BCUT2D eigenvalue weighted by Crippen LogP contribution is -2.22. The third kappa shape index (κ3) is 5.33. The smallest absolute Gasteiger partial charge is 0.261 e. The molecule has 0 aliphatic carbocycles. The SMILES string of the molecule is COc1ccccc1NC(=O)c1ccccc1NS(=O)(=O)c1ccc(S(=O)(=O)N(C)C)cc1. The maximum atomic E-state index is 12.9. The Morgan fingerprint density at radius 1 is 0.788 bits per heavy atom. The zero-order valence-electron chi connectivity index (χ0n) is 18.1. The number of anilines is 2. The molecule has 0 atom stereocenters. The number of carbonyl (C=O) groups is 1. The minimum atomic E-state index is -4.10. The molecule has 0 spiro atoms. The van der Waals surface area contributed by atoms with Crippen molar-refractivity contribution in [3.8, 4) is 5.75 Å². The molecule has 9 nitrogen and oxygen atoms in total. The van der Waals surface area contributed by atoms with E-state index in [1.807, 2.05) is 0 Å². The van der Waals surface area contributed by atoms with E-state index in [1.54, 1.807) is 36.4 Å². The number of ether oxygens (including phenoxy) is 1. The Morgan fingerprint density at radius 3 is 1.94 bits per heavy atom.